The largest absolute Gasteiger partial charge is 0.369 e. The Kier molecular flexibility index (Phi) is 3.92. The van der Waals surface area contributed by atoms with E-state index in [1.165, 1.54) is 6.07 Å². The van der Waals surface area contributed by atoms with Crippen LogP contribution in [0.15, 0.2) is 12.1 Å². The molecular formula is C11H13ClN4O. The van der Waals surface area contributed by atoms with Gasteiger partial charge < -0.3 is 11.1 Å². The molecule has 3 N–H and O–H groups in total. The second kappa shape index (κ2) is 5.02. The molecule has 0 fully saturated rings. The monoisotopic (exact) mass is 252 g/mol. The molecule has 1 heterocycles. The molecule has 0 bridgehead atoms. The minimum absolute atomic E-state index is 0.225. The van der Waals surface area contributed by atoms with Crippen molar-refractivity contribution in [2.75, 3.05) is 11.9 Å². The molecule has 1 aromatic heterocycles. The maximum atomic E-state index is 11.1. The van der Waals surface area contributed by atoms with Crippen molar-refractivity contribution in [3.05, 3.63) is 22.8 Å². The average molecular weight is 253 g/mol. The standard InChI is InChI=1S/C11H13ClN4O/c1-11(2,10(14)17)6-15-9-4-7(5-13)3-8(12)16-9/h3-4H,6H2,1-2H3,(H2,14,17)(H,15,16). The summed E-state index contributed by atoms with van der Waals surface area (Å²) >= 11 is 5.75. The molecule has 0 aliphatic rings. The van der Waals surface area contributed by atoms with Gasteiger partial charge in [0.2, 0.25) is 5.91 Å². The van der Waals surface area contributed by atoms with Gasteiger partial charge in [0, 0.05) is 6.54 Å². The Labute approximate surface area is 105 Å². The maximum Gasteiger partial charge on any atom is 0.224 e. The van der Waals surface area contributed by atoms with Crippen LogP contribution in [0.1, 0.15) is 19.4 Å². The summed E-state index contributed by atoms with van der Waals surface area (Å²) in [6.07, 6.45) is 0. The molecule has 90 valence electrons. The topological polar surface area (TPSA) is 91.8 Å². The molecule has 1 aromatic rings. The number of aromatic nitrogens is 1. The second-order valence-electron chi connectivity index (χ2n) is 4.28. The van der Waals surface area contributed by atoms with Crippen LogP contribution < -0.4 is 11.1 Å². The molecule has 0 aliphatic heterocycles. The van der Waals surface area contributed by atoms with Crippen molar-refractivity contribution in [3.8, 4) is 6.07 Å². The van der Waals surface area contributed by atoms with Gasteiger partial charge in [-0.25, -0.2) is 4.98 Å². The van der Waals surface area contributed by atoms with Gasteiger partial charge >= 0.3 is 0 Å². The first-order chi connectivity index (χ1) is 7.85. The lowest BCUT2D eigenvalue weighted by Gasteiger charge is -2.21. The summed E-state index contributed by atoms with van der Waals surface area (Å²) in [5.74, 6) is 0.0379. The van der Waals surface area contributed by atoms with Crippen molar-refractivity contribution >= 4 is 23.3 Å². The van der Waals surface area contributed by atoms with Crippen molar-refractivity contribution in [2.24, 2.45) is 11.1 Å². The molecule has 0 aromatic carbocycles. The summed E-state index contributed by atoms with van der Waals surface area (Å²) in [6.45, 7) is 3.76. The van der Waals surface area contributed by atoms with E-state index >= 15 is 0 Å². The number of halogens is 1. The SMILES string of the molecule is CC(C)(CNc1cc(C#N)cc(Cl)n1)C(N)=O. The number of nitriles is 1. The van der Waals surface area contributed by atoms with Gasteiger partial charge in [0.1, 0.15) is 11.0 Å². The van der Waals surface area contributed by atoms with Crippen LogP contribution in [0.25, 0.3) is 0 Å². The highest BCUT2D eigenvalue weighted by atomic mass is 35.5. The van der Waals surface area contributed by atoms with Gasteiger partial charge in [0.05, 0.1) is 17.0 Å². The van der Waals surface area contributed by atoms with E-state index in [2.05, 4.69) is 10.3 Å². The molecule has 1 rings (SSSR count). The van der Waals surface area contributed by atoms with Gasteiger partial charge in [-0.3, -0.25) is 4.79 Å². The van der Waals surface area contributed by atoms with Gasteiger partial charge in [0.25, 0.3) is 0 Å². The average Bonchev–Trinajstić information content (AvgIpc) is 2.25. The lowest BCUT2D eigenvalue weighted by Crippen LogP contribution is -2.37. The van der Waals surface area contributed by atoms with E-state index in [0.29, 0.717) is 17.9 Å². The van der Waals surface area contributed by atoms with Crippen LogP contribution in [0, 0.1) is 16.7 Å². The predicted molar refractivity (Wildman–Crippen MR) is 65.4 cm³/mol. The lowest BCUT2D eigenvalue weighted by molar-refractivity contribution is -0.125. The normalized spacial score (nSPS) is 10.7. The van der Waals surface area contributed by atoms with Crippen molar-refractivity contribution in [1.82, 2.24) is 4.98 Å². The smallest absolute Gasteiger partial charge is 0.224 e. The number of carbonyl (C=O) groups excluding carboxylic acids is 1. The highest BCUT2D eigenvalue weighted by Gasteiger charge is 2.24. The summed E-state index contributed by atoms with van der Waals surface area (Å²) in [5.41, 5.74) is 4.95. The minimum atomic E-state index is -0.698. The molecule has 0 radical (unpaired) electrons. The Hall–Kier alpha value is -1.80. The molecule has 0 unspecified atom stereocenters. The molecule has 17 heavy (non-hydrogen) atoms. The highest BCUT2D eigenvalue weighted by molar-refractivity contribution is 6.29. The molecular weight excluding hydrogens is 240 g/mol. The van der Waals surface area contributed by atoms with Crippen LogP contribution in [0.3, 0.4) is 0 Å². The third kappa shape index (κ3) is 3.61. The molecule has 5 nitrogen and oxygen atoms in total. The molecule has 0 spiro atoms. The molecule has 0 atom stereocenters. The first kappa shape index (κ1) is 13.3. The summed E-state index contributed by atoms with van der Waals surface area (Å²) in [6, 6.07) is 4.99. The van der Waals surface area contributed by atoms with Gasteiger partial charge in [0.15, 0.2) is 0 Å². The maximum absolute atomic E-state index is 11.1. The molecule has 6 heteroatoms. The molecule has 0 saturated heterocycles. The highest BCUT2D eigenvalue weighted by Crippen LogP contribution is 2.18. The predicted octanol–water partition coefficient (Wildman–Crippen LogP) is 1.53. The fourth-order valence-electron chi connectivity index (χ4n) is 1.05. The third-order valence-corrected chi connectivity index (χ3v) is 2.50. The first-order valence-electron chi connectivity index (χ1n) is 4.96. The number of nitrogens with one attached hydrogen (secondary N) is 1. The van der Waals surface area contributed by atoms with Crippen molar-refractivity contribution in [2.45, 2.75) is 13.8 Å². The lowest BCUT2D eigenvalue weighted by atomic mass is 9.93. The zero-order chi connectivity index (χ0) is 13.1. The number of primary amides is 1. The van der Waals surface area contributed by atoms with E-state index in [0.717, 1.165) is 0 Å². The Bertz CT molecular complexity index is 479. The number of nitrogens with zero attached hydrogens (tertiary/aromatic N) is 2. The van der Waals surface area contributed by atoms with Crippen molar-refractivity contribution in [3.63, 3.8) is 0 Å². The Morgan fingerprint density at radius 1 is 1.65 bits per heavy atom. The molecule has 0 saturated carbocycles. The number of hydrogen-bond donors (Lipinski definition) is 2. The summed E-state index contributed by atoms with van der Waals surface area (Å²) < 4.78 is 0. The zero-order valence-electron chi connectivity index (χ0n) is 9.62. The van der Waals surface area contributed by atoms with Gasteiger partial charge in [-0.1, -0.05) is 11.6 Å². The summed E-state index contributed by atoms with van der Waals surface area (Å²) in [7, 11) is 0. The van der Waals surface area contributed by atoms with Crippen LogP contribution in [-0.2, 0) is 4.79 Å². The number of rotatable bonds is 4. The number of carbonyl (C=O) groups is 1. The second-order valence-corrected chi connectivity index (χ2v) is 4.66. The van der Waals surface area contributed by atoms with Crippen LogP contribution in [0.5, 0.6) is 0 Å². The van der Waals surface area contributed by atoms with Gasteiger partial charge in [-0.05, 0) is 26.0 Å². The van der Waals surface area contributed by atoms with Crippen LogP contribution >= 0.6 is 11.6 Å². The van der Waals surface area contributed by atoms with Crippen molar-refractivity contribution in [1.29, 1.82) is 5.26 Å². The zero-order valence-corrected chi connectivity index (χ0v) is 10.4. The third-order valence-electron chi connectivity index (χ3n) is 2.30. The van der Waals surface area contributed by atoms with Gasteiger partial charge in [-0.15, -0.1) is 0 Å². The van der Waals surface area contributed by atoms with Crippen LogP contribution in [0.2, 0.25) is 5.15 Å². The number of anilines is 1. The fourth-order valence-corrected chi connectivity index (χ4v) is 1.26. The quantitative estimate of drug-likeness (QED) is 0.795. The number of amides is 1. The van der Waals surface area contributed by atoms with E-state index in [1.54, 1.807) is 19.9 Å². The number of hydrogen-bond acceptors (Lipinski definition) is 4. The summed E-state index contributed by atoms with van der Waals surface area (Å²) in [5, 5.41) is 11.9. The number of nitrogens with two attached hydrogens (primary N) is 1. The Morgan fingerprint density at radius 2 is 2.29 bits per heavy atom. The van der Waals surface area contributed by atoms with Crippen LogP contribution in [-0.4, -0.2) is 17.4 Å². The van der Waals surface area contributed by atoms with Crippen molar-refractivity contribution < 1.29 is 4.79 Å². The minimum Gasteiger partial charge on any atom is -0.369 e. The van der Waals surface area contributed by atoms with E-state index < -0.39 is 11.3 Å². The Morgan fingerprint density at radius 3 is 2.82 bits per heavy atom. The summed E-state index contributed by atoms with van der Waals surface area (Å²) in [4.78, 5) is 15.1. The Balaban J connectivity index is 2.80. The number of pyridine rings is 1. The molecule has 1 amide bonds. The fraction of sp³-hybridized carbons (Fsp3) is 0.364. The van der Waals surface area contributed by atoms with E-state index in [9.17, 15) is 4.79 Å². The molecule has 0 aliphatic carbocycles. The van der Waals surface area contributed by atoms with Crippen LogP contribution in [0.4, 0.5) is 5.82 Å². The van der Waals surface area contributed by atoms with E-state index in [1.807, 2.05) is 6.07 Å². The van der Waals surface area contributed by atoms with Gasteiger partial charge in [-0.2, -0.15) is 5.26 Å². The van der Waals surface area contributed by atoms with E-state index in [4.69, 9.17) is 22.6 Å². The van der Waals surface area contributed by atoms with E-state index in [-0.39, 0.29) is 5.15 Å². The first-order valence-corrected chi connectivity index (χ1v) is 5.34.